The zero-order valence-electron chi connectivity index (χ0n) is 11.4. The molecule has 2 aliphatic rings. The summed E-state index contributed by atoms with van der Waals surface area (Å²) in [5, 5.41) is 3.32. The minimum absolute atomic E-state index is 0.299. The molecule has 0 aromatic carbocycles. The van der Waals surface area contributed by atoms with E-state index in [4.69, 9.17) is 0 Å². The van der Waals surface area contributed by atoms with E-state index in [-0.39, 0.29) is 0 Å². The standard InChI is InChI=1S/C15H27NO/c1-11-6-5-8-13(10-11)15(17)16-14-9-4-3-7-12(14)2/h11-14H,3-10H2,1-2H3,(H,16,17)/t11-,12-,13+,14-/m1/s1. The molecule has 2 aliphatic carbocycles. The van der Waals surface area contributed by atoms with Gasteiger partial charge in [-0.25, -0.2) is 0 Å². The molecule has 0 radical (unpaired) electrons. The van der Waals surface area contributed by atoms with Crippen molar-refractivity contribution >= 4 is 5.91 Å². The van der Waals surface area contributed by atoms with Crippen LogP contribution in [-0.4, -0.2) is 11.9 Å². The normalized spacial score (nSPS) is 38.7. The van der Waals surface area contributed by atoms with Gasteiger partial charge >= 0.3 is 0 Å². The maximum atomic E-state index is 12.2. The van der Waals surface area contributed by atoms with Gasteiger partial charge in [0.15, 0.2) is 0 Å². The van der Waals surface area contributed by atoms with E-state index in [0.717, 1.165) is 18.8 Å². The number of rotatable bonds is 2. The molecule has 2 fully saturated rings. The van der Waals surface area contributed by atoms with Gasteiger partial charge in [0.25, 0.3) is 0 Å². The van der Waals surface area contributed by atoms with Gasteiger partial charge in [-0.1, -0.05) is 39.5 Å². The number of carbonyl (C=O) groups excluding carboxylic acids is 1. The van der Waals surface area contributed by atoms with E-state index in [1.165, 1.54) is 38.5 Å². The van der Waals surface area contributed by atoms with E-state index in [2.05, 4.69) is 19.2 Å². The molecular weight excluding hydrogens is 210 g/mol. The number of amides is 1. The molecular formula is C15H27NO. The van der Waals surface area contributed by atoms with E-state index in [1.807, 2.05) is 0 Å². The lowest BCUT2D eigenvalue weighted by molar-refractivity contribution is -0.127. The Kier molecular flexibility index (Phi) is 4.47. The number of carbonyl (C=O) groups is 1. The molecule has 0 saturated heterocycles. The Labute approximate surface area is 106 Å². The van der Waals surface area contributed by atoms with Crippen molar-refractivity contribution in [2.75, 3.05) is 0 Å². The zero-order valence-corrected chi connectivity index (χ0v) is 11.4. The summed E-state index contributed by atoms with van der Waals surface area (Å²) in [6.45, 7) is 4.57. The van der Waals surface area contributed by atoms with Crippen LogP contribution >= 0.6 is 0 Å². The average molecular weight is 237 g/mol. The fourth-order valence-corrected chi connectivity index (χ4v) is 3.50. The third-order valence-corrected chi connectivity index (χ3v) is 4.75. The van der Waals surface area contributed by atoms with E-state index >= 15 is 0 Å². The second kappa shape index (κ2) is 5.88. The third kappa shape index (κ3) is 3.46. The van der Waals surface area contributed by atoms with Crippen molar-refractivity contribution in [3.8, 4) is 0 Å². The van der Waals surface area contributed by atoms with Gasteiger partial charge in [0.05, 0.1) is 0 Å². The fourth-order valence-electron chi connectivity index (χ4n) is 3.50. The quantitative estimate of drug-likeness (QED) is 0.782. The van der Waals surface area contributed by atoms with Crippen LogP contribution in [0, 0.1) is 17.8 Å². The Balaban J connectivity index is 1.83. The monoisotopic (exact) mass is 237 g/mol. The smallest absolute Gasteiger partial charge is 0.223 e. The lowest BCUT2D eigenvalue weighted by Gasteiger charge is -2.32. The van der Waals surface area contributed by atoms with Crippen LogP contribution in [0.1, 0.15) is 65.2 Å². The molecule has 0 bridgehead atoms. The highest BCUT2D eigenvalue weighted by Gasteiger charge is 2.28. The van der Waals surface area contributed by atoms with E-state index in [0.29, 0.717) is 23.8 Å². The highest BCUT2D eigenvalue weighted by atomic mass is 16.1. The van der Waals surface area contributed by atoms with E-state index in [1.54, 1.807) is 0 Å². The molecule has 0 unspecified atom stereocenters. The third-order valence-electron chi connectivity index (χ3n) is 4.75. The van der Waals surface area contributed by atoms with Crippen LogP contribution in [0.3, 0.4) is 0 Å². The second-order valence-electron chi connectivity index (χ2n) is 6.35. The van der Waals surface area contributed by atoms with Gasteiger partial charge in [-0.2, -0.15) is 0 Å². The minimum Gasteiger partial charge on any atom is -0.353 e. The zero-order chi connectivity index (χ0) is 12.3. The molecule has 0 aromatic heterocycles. The first kappa shape index (κ1) is 12.9. The van der Waals surface area contributed by atoms with E-state index in [9.17, 15) is 4.79 Å². The summed E-state index contributed by atoms with van der Waals surface area (Å²) in [6.07, 6.45) is 9.86. The van der Waals surface area contributed by atoms with Crippen LogP contribution in [0.15, 0.2) is 0 Å². The van der Waals surface area contributed by atoms with Crippen LogP contribution < -0.4 is 5.32 Å². The molecule has 4 atom stereocenters. The van der Waals surface area contributed by atoms with Gasteiger partial charge in [0.2, 0.25) is 5.91 Å². The van der Waals surface area contributed by atoms with Gasteiger partial charge in [0.1, 0.15) is 0 Å². The maximum absolute atomic E-state index is 12.2. The SMILES string of the molecule is C[C@@H]1CCC[C@H](C(=O)N[C@@H]2CCCC[C@H]2C)C1. The molecule has 2 heteroatoms. The summed E-state index contributed by atoms with van der Waals surface area (Å²) in [6, 6.07) is 0.452. The maximum Gasteiger partial charge on any atom is 0.223 e. The lowest BCUT2D eigenvalue weighted by atomic mass is 9.81. The average Bonchev–Trinajstić information content (AvgIpc) is 2.32. The summed E-state index contributed by atoms with van der Waals surface area (Å²) in [7, 11) is 0. The highest BCUT2D eigenvalue weighted by molar-refractivity contribution is 5.79. The molecule has 17 heavy (non-hydrogen) atoms. The molecule has 1 N–H and O–H groups in total. The number of hydrogen-bond acceptors (Lipinski definition) is 1. The Morgan fingerprint density at radius 2 is 1.76 bits per heavy atom. The predicted molar refractivity (Wildman–Crippen MR) is 70.7 cm³/mol. The molecule has 0 aliphatic heterocycles. The summed E-state index contributed by atoms with van der Waals surface area (Å²) >= 11 is 0. The Morgan fingerprint density at radius 3 is 2.47 bits per heavy atom. The van der Waals surface area contributed by atoms with Crippen LogP contribution in [0.4, 0.5) is 0 Å². The Morgan fingerprint density at radius 1 is 1.00 bits per heavy atom. The molecule has 98 valence electrons. The summed E-state index contributed by atoms with van der Waals surface area (Å²) in [5.41, 5.74) is 0. The van der Waals surface area contributed by atoms with Crippen molar-refractivity contribution in [2.24, 2.45) is 17.8 Å². The largest absolute Gasteiger partial charge is 0.353 e. The summed E-state index contributed by atoms with van der Waals surface area (Å²) in [4.78, 5) is 12.2. The lowest BCUT2D eigenvalue weighted by Crippen LogP contribution is -2.44. The van der Waals surface area contributed by atoms with Crippen molar-refractivity contribution < 1.29 is 4.79 Å². The highest BCUT2D eigenvalue weighted by Crippen LogP contribution is 2.30. The number of nitrogens with one attached hydrogen (secondary N) is 1. The van der Waals surface area contributed by atoms with Crippen LogP contribution in [0.25, 0.3) is 0 Å². The summed E-state index contributed by atoms with van der Waals surface area (Å²) < 4.78 is 0. The minimum atomic E-state index is 0.299. The van der Waals surface area contributed by atoms with Crippen molar-refractivity contribution in [1.29, 1.82) is 0 Å². The molecule has 0 heterocycles. The van der Waals surface area contributed by atoms with E-state index < -0.39 is 0 Å². The van der Waals surface area contributed by atoms with Gasteiger partial charge in [-0.05, 0) is 37.5 Å². The Hall–Kier alpha value is -0.530. The summed E-state index contributed by atoms with van der Waals surface area (Å²) in [5.74, 6) is 2.06. The molecule has 2 nitrogen and oxygen atoms in total. The fraction of sp³-hybridized carbons (Fsp3) is 0.933. The number of hydrogen-bond donors (Lipinski definition) is 1. The van der Waals surface area contributed by atoms with Gasteiger partial charge in [0, 0.05) is 12.0 Å². The van der Waals surface area contributed by atoms with Gasteiger partial charge < -0.3 is 5.32 Å². The van der Waals surface area contributed by atoms with Crippen molar-refractivity contribution in [1.82, 2.24) is 5.32 Å². The first-order chi connectivity index (χ1) is 8.16. The first-order valence-corrected chi connectivity index (χ1v) is 7.47. The molecule has 0 spiro atoms. The second-order valence-corrected chi connectivity index (χ2v) is 6.35. The van der Waals surface area contributed by atoms with Crippen LogP contribution in [0.2, 0.25) is 0 Å². The molecule has 0 aromatic rings. The van der Waals surface area contributed by atoms with Crippen molar-refractivity contribution in [3.05, 3.63) is 0 Å². The van der Waals surface area contributed by atoms with Crippen LogP contribution in [-0.2, 0) is 4.79 Å². The molecule has 2 saturated carbocycles. The van der Waals surface area contributed by atoms with Gasteiger partial charge in [-0.15, -0.1) is 0 Å². The van der Waals surface area contributed by atoms with Crippen molar-refractivity contribution in [3.63, 3.8) is 0 Å². The van der Waals surface area contributed by atoms with Crippen LogP contribution in [0.5, 0.6) is 0 Å². The topological polar surface area (TPSA) is 29.1 Å². The van der Waals surface area contributed by atoms with Crippen molar-refractivity contribution in [2.45, 2.75) is 71.3 Å². The molecule has 2 rings (SSSR count). The Bertz CT molecular complexity index is 264. The predicted octanol–water partition coefficient (Wildman–Crippen LogP) is 3.51. The first-order valence-electron chi connectivity index (χ1n) is 7.47. The van der Waals surface area contributed by atoms with Gasteiger partial charge in [-0.3, -0.25) is 4.79 Å². The molecule has 1 amide bonds.